The minimum absolute atomic E-state index is 0.0516. The molecule has 1 aliphatic heterocycles. The second-order valence-corrected chi connectivity index (χ2v) is 13.1. The van der Waals surface area contributed by atoms with Crippen LogP contribution in [0.1, 0.15) is 48.5 Å². The van der Waals surface area contributed by atoms with Gasteiger partial charge in [0.05, 0.1) is 18.1 Å². The van der Waals surface area contributed by atoms with E-state index >= 15 is 0 Å². The quantitative estimate of drug-likeness (QED) is 0.651. The molecule has 170 valence electrons. The molecule has 0 unspecified atom stereocenters. The Morgan fingerprint density at radius 2 is 1.61 bits per heavy atom. The molecular formula is C21H28N2O5S3. The second kappa shape index (κ2) is 9.68. The van der Waals surface area contributed by atoms with Crippen molar-refractivity contribution in [2.75, 3.05) is 26.3 Å². The van der Waals surface area contributed by atoms with Crippen molar-refractivity contribution in [2.45, 2.75) is 53.7 Å². The average molecular weight is 485 g/mol. The van der Waals surface area contributed by atoms with Gasteiger partial charge in [-0.2, -0.15) is 4.31 Å². The lowest BCUT2D eigenvalue weighted by atomic mass is 9.84. The maximum Gasteiger partial charge on any atom is 0.252 e. The normalized spacial score (nSPS) is 19.5. The number of nitrogens with one attached hydrogen (secondary N) is 1. The number of hydrogen-bond donors (Lipinski definition) is 1. The smallest absolute Gasteiger partial charge is 0.252 e. The van der Waals surface area contributed by atoms with E-state index in [1.807, 2.05) is 12.1 Å². The van der Waals surface area contributed by atoms with Crippen molar-refractivity contribution in [2.24, 2.45) is 0 Å². The van der Waals surface area contributed by atoms with Crippen LogP contribution in [0.25, 0.3) is 0 Å². The van der Waals surface area contributed by atoms with E-state index in [0.29, 0.717) is 37.1 Å². The van der Waals surface area contributed by atoms with Crippen LogP contribution < -0.4 is 4.72 Å². The summed E-state index contributed by atoms with van der Waals surface area (Å²) >= 11 is 1.09. The Balaban J connectivity index is 1.39. The van der Waals surface area contributed by atoms with Crippen molar-refractivity contribution in [1.29, 1.82) is 0 Å². The van der Waals surface area contributed by atoms with Gasteiger partial charge in [-0.25, -0.2) is 21.6 Å². The van der Waals surface area contributed by atoms with Crippen molar-refractivity contribution < 1.29 is 21.6 Å². The van der Waals surface area contributed by atoms with Crippen molar-refractivity contribution in [3.63, 3.8) is 0 Å². The van der Waals surface area contributed by atoms with E-state index in [1.54, 1.807) is 18.2 Å². The first-order valence-corrected chi connectivity index (χ1v) is 14.4. The standard InChI is InChI=1S/C21H28N2O5S3/c24-30(25,20-9-6-18(7-10-20)17-4-2-1-3-5-17)22-16-19-8-11-21(29-19)31(26,27)23-12-14-28-15-13-23/h6-11,17,22H,1-5,12-16H2. The Morgan fingerprint density at radius 1 is 0.935 bits per heavy atom. The number of benzene rings is 1. The van der Waals surface area contributed by atoms with Crippen LogP contribution in [-0.4, -0.2) is 47.4 Å². The van der Waals surface area contributed by atoms with E-state index in [2.05, 4.69) is 4.72 Å². The SMILES string of the molecule is O=S(=O)(NCc1ccc(S(=O)(=O)N2CCOCC2)s1)c1ccc(C2CCCCC2)cc1. The summed E-state index contributed by atoms with van der Waals surface area (Å²) in [6.45, 7) is 1.49. The van der Waals surface area contributed by atoms with Gasteiger partial charge in [-0.05, 0) is 48.6 Å². The summed E-state index contributed by atoms with van der Waals surface area (Å²) < 4.78 is 60.3. The average Bonchev–Trinajstić information content (AvgIpc) is 3.29. The molecule has 2 aliphatic rings. The summed E-state index contributed by atoms with van der Waals surface area (Å²) in [4.78, 5) is 0.874. The summed E-state index contributed by atoms with van der Waals surface area (Å²) in [5.74, 6) is 0.524. The Kier molecular flexibility index (Phi) is 7.14. The van der Waals surface area contributed by atoms with Crippen LogP contribution in [0.5, 0.6) is 0 Å². The molecule has 1 saturated carbocycles. The highest BCUT2D eigenvalue weighted by atomic mass is 32.2. The first-order chi connectivity index (χ1) is 14.9. The topological polar surface area (TPSA) is 92.8 Å². The molecule has 7 nitrogen and oxygen atoms in total. The number of sulfonamides is 2. The minimum atomic E-state index is -3.67. The van der Waals surface area contributed by atoms with Gasteiger partial charge in [-0.15, -0.1) is 11.3 Å². The molecule has 0 radical (unpaired) electrons. The molecule has 0 bridgehead atoms. The third-order valence-electron chi connectivity index (χ3n) is 5.90. The molecule has 2 heterocycles. The van der Waals surface area contributed by atoms with E-state index in [9.17, 15) is 16.8 Å². The van der Waals surface area contributed by atoms with Crippen LogP contribution in [-0.2, 0) is 31.3 Å². The molecule has 2 fully saturated rings. The molecule has 0 amide bonds. The molecule has 0 spiro atoms. The van der Waals surface area contributed by atoms with Gasteiger partial charge in [0.15, 0.2) is 0 Å². The van der Waals surface area contributed by atoms with E-state index in [0.717, 1.165) is 11.3 Å². The molecule has 1 saturated heterocycles. The molecule has 1 N–H and O–H groups in total. The molecule has 1 aliphatic carbocycles. The Bertz CT molecular complexity index is 1080. The lowest BCUT2D eigenvalue weighted by Crippen LogP contribution is -2.40. The number of nitrogens with zero attached hydrogens (tertiary/aromatic N) is 1. The van der Waals surface area contributed by atoms with Gasteiger partial charge in [0.1, 0.15) is 4.21 Å². The molecule has 31 heavy (non-hydrogen) atoms. The van der Waals surface area contributed by atoms with Crippen molar-refractivity contribution >= 4 is 31.4 Å². The van der Waals surface area contributed by atoms with Crippen LogP contribution >= 0.6 is 11.3 Å². The van der Waals surface area contributed by atoms with Crippen LogP contribution in [0.4, 0.5) is 0 Å². The van der Waals surface area contributed by atoms with Crippen LogP contribution in [0, 0.1) is 0 Å². The number of morpholine rings is 1. The van der Waals surface area contributed by atoms with Gasteiger partial charge in [-0.1, -0.05) is 31.4 Å². The minimum Gasteiger partial charge on any atom is -0.379 e. The first kappa shape index (κ1) is 22.9. The predicted molar refractivity (Wildman–Crippen MR) is 120 cm³/mol. The Hall–Kier alpha value is -1.30. The predicted octanol–water partition coefficient (Wildman–Crippen LogP) is 3.30. The Labute approximate surface area is 188 Å². The molecule has 1 aromatic carbocycles. The Morgan fingerprint density at radius 3 is 2.29 bits per heavy atom. The summed E-state index contributed by atoms with van der Waals surface area (Å²) in [5, 5.41) is 0. The fourth-order valence-corrected chi connectivity index (χ4v) is 8.07. The molecule has 0 atom stereocenters. The maximum atomic E-state index is 12.7. The number of thiophene rings is 1. The first-order valence-electron chi connectivity index (χ1n) is 10.6. The summed E-state index contributed by atoms with van der Waals surface area (Å²) in [5.41, 5.74) is 1.20. The largest absolute Gasteiger partial charge is 0.379 e. The van der Waals surface area contributed by atoms with E-state index < -0.39 is 20.0 Å². The third-order valence-corrected chi connectivity index (χ3v) is 10.8. The lowest BCUT2D eigenvalue weighted by molar-refractivity contribution is 0.0731. The van der Waals surface area contributed by atoms with Crippen molar-refractivity contribution in [1.82, 2.24) is 9.03 Å². The van der Waals surface area contributed by atoms with Crippen molar-refractivity contribution in [3.05, 3.63) is 46.8 Å². The number of rotatable bonds is 7. The third kappa shape index (κ3) is 5.37. The number of ether oxygens (including phenoxy) is 1. The highest BCUT2D eigenvalue weighted by Gasteiger charge is 2.28. The molecule has 2 aromatic rings. The van der Waals surface area contributed by atoms with E-state index in [1.165, 1.54) is 48.0 Å². The zero-order valence-corrected chi connectivity index (χ0v) is 19.8. The highest BCUT2D eigenvalue weighted by Crippen LogP contribution is 2.33. The zero-order valence-electron chi connectivity index (χ0n) is 17.3. The summed E-state index contributed by atoms with van der Waals surface area (Å²) in [7, 11) is -7.24. The zero-order chi connectivity index (χ0) is 21.9. The molecule has 10 heteroatoms. The molecule has 4 rings (SSSR count). The van der Waals surface area contributed by atoms with Gasteiger partial charge in [0.2, 0.25) is 10.0 Å². The summed E-state index contributed by atoms with van der Waals surface area (Å²) in [6, 6.07) is 10.4. The van der Waals surface area contributed by atoms with Gasteiger partial charge in [0, 0.05) is 24.5 Å². The molecule has 1 aromatic heterocycles. The van der Waals surface area contributed by atoms with Gasteiger partial charge in [-0.3, -0.25) is 0 Å². The van der Waals surface area contributed by atoms with Gasteiger partial charge < -0.3 is 4.74 Å². The second-order valence-electron chi connectivity index (χ2n) is 7.97. The fraction of sp³-hybridized carbons (Fsp3) is 0.524. The maximum absolute atomic E-state index is 12.7. The van der Waals surface area contributed by atoms with Crippen LogP contribution in [0.15, 0.2) is 45.5 Å². The monoisotopic (exact) mass is 484 g/mol. The summed E-state index contributed by atoms with van der Waals surface area (Å²) in [6.07, 6.45) is 6.08. The lowest BCUT2D eigenvalue weighted by Gasteiger charge is -2.25. The van der Waals surface area contributed by atoms with Gasteiger partial charge >= 0.3 is 0 Å². The highest BCUT2D eigenvalue weighted by molar-refractivity contribution is 7.91. The number of hydrogen-bond acceptors (Lipinski definition) is 6. The van der Waals surface area contributed by atoms with Crippen LogP contribution in [0.2, 0.25) is 0 Å². The van der Waals surface area contributed by atoms with E-state index in [-0.39, 0.29) is 15.6 Å². The molecular weight excluding hydrogens is 456 g/mol. The van der Waals surface area contributed by atoms with Crippen LogP contribution in [0.3, 0.4) is 0 Å². The van der Waals surface area contributed by atoms with Gasteiger partial charge in [0.25, 0.3) is 10.0 Å². The fourth-order valence-electron chi connectivity index (χ4n) is 4.11. The van der Waals surface area contributed by atoms with Crippen molar-refractivity contribution in [3.8, 4) is 0 Å². The van der Waals surface area contributed by atoms with E-state index in [4.69, 9.17) is 4.74 Å².